The van der Waals surface area contributed by atoms with E-state index in [0.717, 1.165) is 23.4 Å². The lowest BCUT2D eigenvalue weighted by Gasteiger charge is -1.99. The van der Waals surface area contributed by atoms with Gasteiger partial charge in [0.05, 0.1) is 5.69 Å². The standard InChI is InChI=1S/C8H13N5/c1-4-13-7-6(5(2)11-13)10-8(9)12(7)3/h4H2,1-3H3,(H2,9,10). The first-order valence-electron chi connectivity index (χ1n) is 4.30. The number of hydrogen-bond donors (Lipinski definition) is 1. The lowest BCUT2D eigenvalue weighted by molar-refractivity contribution is 0.656. The van der Waals surface area contributed by atoms with Crippen LogP contribution in [-0.2, 0) is 13.6 Å². The number of aryl methyl sites for hydroxylation is 3. The Morgan fingerprint density at radius 1 is 1.46 bits per heavy atom. The molecule has 0 aliphatic rings. The molecule has 2 aromatic rings. The van der Waals surface area contributed by atoms with E-state index in [1.165, 1.54) is 0 Å². The van der Waals surface area contributed by atoms with Gasteiger partial charge in [0.2, 0.25) is 5.95 Å². The topological polar surface area (TPSA) is 61.7 Å². The van der Waals surface area contributed by atoms with Crippen LogP contribution in [0.4, 0.5) is 5.95 Å². The Bertz CT molecular complexity index is 450. The quantitative estimate of drug-likeness (QED) is 0.700. The maximum Gasteiger partial charge on any atom is 0.202 e. The van der Waals surface area contributed by atoms with Gasteiger partial charge in [0.25, 0.3) is 0 Å². The lowest BCUT2D eigenvalue weighted by atomic mass is 10.4. The molecule has 2 N–H and O–H groups in total. The molecule has 13 heavy (non-hydrogen) atoms. The van der Waals surface area contributed by atoms with Crippen LogP contribution in [0.15, 0.2) is 0 Å². The van der Waals surface area contributed by atoms with Crippen LogP contribution in [0, 0.1) is 6.92 Å². The predicted molar refractivity (Wildman–Crippen MR) is 51.3 cm³/mol. The zero-order chi connectivity index (χ0) is 9.59. The van der Waals surface area contributed by atoms with Crippen molar-refractivity contribution >= 4 is 17.1 Å². The van der Waals surface area contributed by atoms with Crippen LogP contribution in [0.5, 0.6) is 0 Å². The highest BCUT2D eigenvalue weighted by Crippen LogP contribution is 2.18. The predicted octanol–water partition coefficient (Wildman–Crippen LogP) is 0.680. The summed E-state index contributed by atoms with van der Waals surface area (Å²) in [6.45, 7) is 4.83. The van der Waals surface area contributed by atoms with Crippen molar-refractivity contribution in [2.75, 3.05) is 5.73 Å². The summed E-state index contributed by atoms with van der Waals surface area (Å²) in [7, 11) is 1.90. The molecular formula is C8H13N5. The second-order valence-electron chi connectivity index (χ2n) is 3.10. The number of nitrogens with zero attached hydrogens (tertiary/aromatic N) is 4. The molecule has 2 aromatic heterocycles. The average Bonchev–Trinajstić information content (AvgIpc) is 2.55. The maximum absolute atomic E-state index is 5.70. The van der Waals surface area contributed by atoms with Gasteiger partial charge < -0.3 is 5.73 Å². The van der Waals surface area contributed by atoms with Crippen molar-refractivity contribution in [2.24, 2.45) is 7.05 Å². The SMILES string of the molecule is CCn1nc(C)c2nc(N)n(C)c21. The summed E-state index contributed by atoms with van der Waals surface area (Å²) in [5.74, 6) is 0.540. The van der Waals surface area contributed by atoms with Gasteiger partial charge in [-0.05, 0) is 13.8 Å². The summed E-state index contributed by atoms with van der Waals surface area (Å²) in [4.78, 5) is 4.24. The third-order valence-corrected chi connectivity index (χ3v) is 2.26. The fraction of sp³-hybridized carbons (Fsp3) is 0.500. The zero-order valence-corrected chi connectivity index (χ0v) is 8.07. The molecule has 0 saturated carbocycles. The van der Waals surface area contributed by atoms with E-state index in [2.05, 4.69) is 17.0 Å². The number of imidazole rings is 1. The third kappa shape index (κ3) is 0.929. The smallest absolute Gasteiger partial charge is 0.202 e. The highest BCUT2D eigenvalue weighted by atomic mass is 15.4. The number of anilines is 1. The molecule has 0 unspecified atom stereocenters. The highest BCUT2D eigenvalue weighted by Gasteiger charge is 2.13. The van der Waals surface area contributed by atoms with Crippen LogP contribution in [0.3, 0.4) is 0 Å². The summed E-state index contributed by atoms with van der Waals surface area (Å²) in [5.41, 5.74) is 8.54. The van der Waals surface area contributed by atoms with Crippen LogP contribution < -0.4 is 5.73 Å². The van der Waals surface area contributed by atoms with Gasteiger partial charge in [-0.1, -0.05) is 0 Å². The van der Waals surface area contributed by atoms with Crippen molar-refractivity contribution in [2.45, 2.75) is 20.4 Å². The second kappa shape index (κ2) is 2.48. The molecule has 0 spiro atoms. The number of aromatic nitrogens is 4. The van der Waals surface area contributed by atoms with E-state index in [0.29, 0.717) is 5.95 Å². The second-order valence-corrected chi connectivity index (χ2v) is 3.10. The zero-order valence-electron chi connectivity index (χ0n) is 8.07. The molecule has 0 saturated heterocycles. The minimum Gasteiger partial charge on any atom is -0.369 e. The number of fused-ring (bicyclic) bond motifs is 1. The number of rotatable bonds is 1. The molecule has 0 radical (unpaired) electrons. The van der Waals surface area contributed by atoms with Gasteiger partial charge in [-0.15, -0.1) is 0 Å². The summed E-state index contributed by atoms with van der Waals surface area (Å²) in [5, 5.41) is 4.35. The van der Waals surface area contributed by atoms with Crippen molar-refractivity contribution < 1.29 is 0 Å². The van der Waals surface area contributed by atoms with Crippen molar-refractivity contribution in [3.63, 3.8) is 0 Å². The molecule has 70 valence electrons. The van der Waals surface area contributed by atoms with E-state index in [4.69, 9.17) is 5.73 Å². The Labute approximate surface area is 76.2 Å². The minimum atomic E-state index is 0.540. The van der Waals surface area contributed by atoms with Crippen LogP contribution in [0.25, 0.3) is 11.2 Å². The molecule has 0 aliphatic carbocycles. The van der Waals surface area contributed by atoms with Gasteiger partial charge in [0.15, 0.2) is 5.65 Å². The fourth-order valence-corrected chi connectivity index (χ4v) is 1.54. The molecule has 2 heterocycles. The molecule has 5 nitrogen and oxygen atoms in total. The van der Waals surface area contributed by atoms with E-state index < -0.39 is 0 Å². The average molecular weight is 179 g/mol. The van der Waals surface area contributed by atoms with Gasteiger partial charge in [0.1, 0.15) is 5.52 Å². The van der Waals surface area contributed by atoms with Gasteiger partial charge in [-0.2, -0.15) is 5.10 Å². The van der Waals surface area contributed by atoms with Gasteiger partial charge in [-0.25, -0.2) is 9.67 Å². The molecule has 5 heteroatoms. The van der Waals surface area contributed by atoms with Crippen molar-refractivity contribution in [1.82, 2.24) is 19.3 Å². The fourth-order valence-electron chi connectivity index (χ4n) is 1.54. The van der Waals surface area contributed by atoms with E-state index in [1.807, 2.05) is 23.2 Å². The lowest BCUT2D eigenvalue weighted by Crippen LogP contribution is -2.04. The number of hydrogen-bond acceptors (Lipinski definition) is 3. The summed E-state index contributed by atoms with van der Waals surface area (Å²) < 4.78 is 3.77. The number of nitrogen functional groups attached to an aromatic ring is 1. The van der Waals surface area contributed by atoms with Crippen LogP contribution in [-0.4, -0.2) is 19.3 Å². The van der Waals surface area contributed by atoms with E-state index in [1.54, 1.807) is 0 Å². The van der Waals surface area contributed by atoms with Crippen molar-refractivity contribution in [3.05, 3.63) is 5.69 Å². The first-order valence-corrected chi connectivity index (χ1v) is 4.30. The molecular weight excluding hydrogens is 166 g/mol. The Hall–Kier alpha value is -1.52. The third-order valence-electron chi connectivity index (χ3n) is 2.26. The Balaban J connectivity index is 2.88. The summed E-state index contributed by atoms with van der Waals surface area (Å²) in [6, 6.07) is 0. The van der Waals surface area contributed by atoms with Gasteiger partial charge >= 0.3 is 0 Å². The normalized spacial score (nSPS) is 11.3. The molecule has 2 rings (SSSR count). The van der Waals surface area contributed by atoms with Crippen molar-refractivity contribution in [1.29, 1.82) is 0 Å². The van der Waals surface area contributed by atoms with Crippen LogP contribution in [0.2, 0.25) is 0 Å². The molecule has 0 aromatic carbocycles. The minimum absolute atomic E-state index is 0.540. The Morgan fingerprint density at radius 2 is 2.15 bits per heavy atom. The molecule has 0 aliphatic heterocycles. The first kappa shape index (κ1) is 8.10. The highest BCUT2D eigenvalue weighted by molar-refractivity contribution is 5.77. The molecule has 0 amide bonds. The Kier molecular flexibility index (Phi) is 1.55. The van der Waals surface area contributed by atoms with Gasteiger partial charge in [0, 0.05) is 13.6 Å². The van der Waals surface area contributed by atoms with E-state index in [-0.39, 0.29) is 0 Å². The molecule has 0 atom stereocenters. The molecule has 0 bridgehead atoms. The van der Waals surface area contributed by atoms with E-state index in [9.17, 15) is 0 Å². The van der Waals surface area contributed by atoms with Crippen LogP contribution in [0.1, 0.15) is 12.6 Å². The largest absolute Gasteiger partial charge is 0.369 e. The van der Waals surface area contributed by atoms with Crippen LogP contribution >= 0.6 is 0 Å². The summed E-state index contributed by atoms with van der Waals surface area (Å²) >= 11 is 0. The monoisotopic (exact) mass is 179 g/mol. The molecule has 0 fully saturated rings. The first-order chi connectivity index (χ1) is 6.15. The summed E-state index contributed by atoms with van der Waals surface area (Å²) in [6.07, 6.45) is 0. The van der Waals surface area contributed by atoms with Crippen molar-refractivity contribution in [3.8, 4) is 0 Å². The maximum atomic E-state index is 5.70. The Morgan fingerprint density at radius 3 is 2.77 bits per heavy atom. The number of nitrogens with two attached hydrogens (primary N) is 1. The van der Waals surface area contributed by atoms with E-state index >= 15 is 0 Å². The van der Waals surface area contributed by atoms with Gasteiger partial charge in [-0.3, -0.25) is 4.57 Å².